The van der Waals surface area contributed by atoms with Crippen molar-refractivity contribution in [2.75, 3.05) is 12.3 Å². The van der Waals surface area contributed by atoms with Gasteiger partial charge in [-0.1, -0.05) is 13.8 Å². The van der Waals surface area contributed by atoms with Gasteiger partial charge in [0.1, 0.15) is 23.8 Å². The number of imidazole rings is 1. The van der Waals surface area contributed by atoms with Crippen LogP contribution in [0.4, 0.5) is 5.82 Å². The van der Waals surface area contributed by atoms with E-state index >= 15 is 0 Å². The summed E-state index contributed by atoms with van der Waals surface area (Å²) in [5, 5.41) is 0. The molecule has 0 fully saturated rings. The van der Waals surface area contributed by atoms with Crippen molar-refractivity contribution in [3.63, 3.8) is 0 Å². The zero-order valence-electron chi connectivity index (χ0n) is 12.1. The predicted octanol–water partition coefficient (Wildman–Crippen LogP) is 2.58. The van der Waals surface area contributed by atoms with E-state index in [4.69, 9.17) is 10.5 Å². The molecule has 2 aromatic rings. The van der Waals surface area contributed by atoms with Gasteiger partial charge in [0.2, 0.25) is 0 Å². The largest absolute Gasteiger partial charge is 0.382 e. The number of nitrogens with zero attached hydrogens (tertiary/aromatic N) is 2. The fourth-order valence-corrected chi connectivity index (χ4v) is 2.22. The van der Waals surface area contributed by atoms with Gasteiger partial charge in [-0.2, -0.15) is 0 Å². The summed E-state index contributed by atoms with van der Waals surface area (Å²) in [7, 11) is 0. The Hall–Kier alpha value is -1.62. The first-order chi connectivity index (χ1) is 9.02. The Morgan fingerprint density at radius 2 is 2.05 bits per heavy atom. The lowest BCUT2D eigenvalue weighted by Gasteiger charge is -2.09. The molecule has 2 rings (SSSR count). The summed E-state index contributed by atoms with van der Waals surface area (Å²) in [6.07, 6.45) is 0.953. The topological polar surface area (TPSA) is 76.8 Å². The summed E-state index contributed by atoms with van der Waals surface area (Å²) >= 11 is 0. The minimum absolute atomic E-state index is 0.477. The first-order valence-corrected chi connectivity index (χ1v) is 6.74. The summed E-state index contributed by atoms with van der Waals surface area (Å²) in [6.45, 7) is 9.48. The normalized spacial score (nSPS) is 11.6. The van der Waals surface area contributed by atoms with Gasteiger partial charge in [0.15, 0.2) is 0 Å². The summed E-state index contributed by atoms with van der Waals surface area (Å²) in [6, 6.07) is 0. The van der Waals surface area contributed by atoms with E-state index in [1.54, 1.807) is 0 Å². The van der Waals surface area contributed by atoms with Crippen LogP contribution in [0.1, 0.15) is 37.9 Å². The molecule has 2 heterocycles. The lowest BCUT2D eigenvalue weighted by molar-refractivity contribution is 0.129. The number of hydrogen-bond acceptors (Lipinski definition) is 4. The lowest BCUT2D eigenvalue weighted by atomic mass is 10.0. The van der Waals surface area contributed by atoms with Crippen LogP contribution < -0.4 is 5.73 Å². The van der Waals surface area contributed by atoms with Crippen LogP contribution in [-0.2, 0) is 17.8 Å². The minimum Gasteiger partial charge on any atom is -0.382 e. The maximum absolute atomic E-state index is 5.98. The van der Waals surface area contributed by atoms with Gasteiger partial charge in [-0.3, -0.25) is 0 Å². The predicted molar refractivity (Wildman–Crippen MR) is 76.9 cm³/mol. The van der Waals surface area contributed by atoms with Crippen molar-refractivity contribution in [1.82, 2.24) is 15.0 Å². The van der Waals surface area contributed by atoms with Crippen LogP contribution in [0.15, 0.2) is 0 Å². The van der Waals surface area contributed by atoms with Crippen molar-refractivity contribution in [3.8, 4) is 0 Å². The monoisotopic (exact) mass is 262 g/mol. The van der Waals surface area contributed by atoms with Crippen molar-refractivity contribution >= 4 is 16.9 Å². The molecule has 0 amide bonds. The average molecular weight is 262 g/mol. The van der Waals surface area contributed by atoms with Gasteiger partial charge in [0.25, 0.3) is 0 Å². The Kier molecular flexibility index (Phi) is 4.04. The number of nitrogens with two attached hydrogens (primary N) is 1. The van der Waals surface area contributed by atoms with E-state index in [2.05, 4.69) is 28.8 Å². The lowest BCUT2D eigenvalue weighted by Crippen LogP contribution is -2.03. The summed E-state index contributed by atoms with van der Waals surface area (Å²) < 4.78 is 5.39. The number of anilines is 1. The summed E-state index contributed by atoms with van der Waals surface area (Å²) in [4.78, 5) is 12.3. The molecule has 0 saturated heterocycles. The van der Waals surface area contributed by atoms with Crippen molar-refractivity contribution in [3.05, 3.63) is 17.1 Å². The van der Waals surface area contributed by atoms with Crippen LogP contribution in [0, 0.1) is 12.8 Å². The maximum Gasteiger partial charge on any atom is 0.149 e. The van der Waals surface area contributed by atoms with Crippen molar-refractivity contribution < 1.29 is 4.74 Å². The van der Waals surface area contributed by atoms with Gasteiger partial charge in [0, 0.05) is 17.9 Å². The van der Waals surface area contributed by atoms with Crippen LogP contribution in [0.3, 0.4) is 0 Å². The molecule has 0 spiro atoms. The molecule has 0 aliphatic carbocycles. The smallest absolute Gasteiger partial charge is 0.149 e. The average Bonchev–Trinajstić information content (AvgIpc) is 2.76. The number of pyridine rings is 1. The third-order valence-corrected chi connectivity index (χ3v) is 3.08. The molecular formula is C14H22N4O. The summed E-state index contributed by atoms with van der Waals surface area (Å²) in [5.41, 5.74) is 9.89. The molecule has 0 saturated carbocycles. The summed E-state index contributed by atoms with van der Waals surface area (Å²) in [5.74, 6) is 1.87. The zero-order chi connectivity index (χ0) is 14.0. The number of aromatic amines is 1. The third kappa shape index (κ3) is 2.87. The van der Waals surface area contributed by atoms with Gasteiger partial charge in [-0.05, 0) is 26.2 Å². The number of ether oxygens (including phenoxy) is 1. The van der Waals surface area contributed by atoms with Crippen LogP contribution in [-0.4, -0.2) is 21.6 Å². The standard InChI is InChI=1S/C14H22N4O/c1-5-19-7-11-17-12-10(6-8(2)3)9(4)16-14(15)13(12)18-11/h8H,5-7H2,1-4H3,(H2,15,16)(H,17,18). The molecule has 0 aliphatic rings. The SMILES string of the molecule is CCOCc1nc2c(CC(C)C)c(C)nc(N)c2[nH]1. The highest BCUT2D eigenvalue weighted by atomic mass is 16.5. The molecule has 0 unspecified atom stereocenters. The quantitative estimate of drug-likeness (QED) is 0.868. The van der Waals surface area contributed by atoms with Gasteiger partial charge >= 0.3 is 0 Å². The number of nitrogens with one attached hydrogen (secondary N) is 1. The van der Waals surface area contributed by atoms with E-state index in [1.165, 1.54) is 5.56 Å². The molecule has 19 heavy (non-hydrogen) atoms. The second kappa shape index (κ2) is 5.57. The van der Waals surface area contributed by atoms with Crippen molar-refractivity contribution in [2.45, 2.75) is 40.7 Å². The molecule has 0 aliphatic heterocycles. The molecule has 0 bridgehead atoms. The highest BCUT2D eigenvalue weighted by Gasteiger charge is 2.15. The number of H-pyrrole nitrogens is 1. The molecule has 2 aromatic heterocycles. The fourth-order valence-electron chi connectivity index (χ4n) is 2.22. The minimum atomic E-state index is 0.477. The molecule has 5 heteroatoms. The van der Waals surface area contributed by atoms with E-state index in [0.717, 1.165) is 29.0 Å². The molecule has 104 valence electrons. The van der Waals surface area contributed by atoms with E-state index in [9.17, 15) is 0 Å². The van der Waals surface area contributed by atoms with Gasteiger partial charge in [0.05, 0.1) is 5.52 Å². The Morgan fingerprint density at radius 3 is 2.68 bits per heavy atom. The van der Waals surface area contributed by atoms with Crippen LogP contribution in [0.5, 0.6) is 0 Å². The van der Waals surface area contributed by atoms with Crippen LogP contribution in [0.2, 0.25) is 0 Å². The van der Waals surface area contributed by atoms with E-state index in [-0.39, 0.29) is 0 Å². The fraction of sp³-hybridized carbons (Fsp3) is 0.571. The molecule has 0 radical (unpaired) electrons. The van der Waals surface area contributed by atoms with E-state index in [0.29, 0.717) is 24.9 Å². The third-order valence-electron chi connectivity index (χ3n) is 3.08. The molecule has 5 nitrogen and oxygen atoms in total. The molecule has 0 atom stereocenters. The second-order valence-electron chi connectivity index (χ2n) is 5.20. The van der Waals surface area contributed by atoms with Gasteiger partial charge in [-0.15, -0.1) is 0 Å². The molecular weight excluding hydrogens is 240 g/mol. The highest BCUT2D eigenvalue weighted by Crippen LogP contribution is 2.25. The number of aromatic nitrogens is 3. The number of aryl methyl sites for hydroxylation is 1. The highest BCUT2D eigenvalue weighted by molar-refractivity contribution is 5.88. The van der Waals surface area contributed by atoms with E-state index in [1.807, 2.05) is 13.8 Å². The first-order valence-electron chi connectivity index (χ1n) is 6.74. The molecule has 3 N–H and O–H groups in total. The van der Waals surface area contributed by atoms with Gasteiger partial charge in [-0.25, -0.2) is 9.97 Å². The van der Waals surface area contributed by atoms with Crippen LogP contribution in [0.25, 0.3) is 11.0 Å². The second-order valence-corrected chi connectivity index (χ2v) is 5.20. The maximum atomic E-state index is 5.98. The zero-order valence-corrected chi connectivity index (χ0v) is 12.1. The Labute approximate surface area is 113 Å². The van der Waals surface area contributed by atoms with Crippen molar-refractivity contribution in [2.24, 2.45) is 5.92 Å². The van der Waals surface area contributed by atoms with E-state index < -0.39 is 0 Å². The number of fused-ring (bicyclic) bond motifs is 1. The Balaban J connectivity index is 2.50. The van der Waals surface area contributed by atoms with Gasteiger partial charge < -0.3 is 15.5 Å². The first kappa shape index (κ1) is 13.8. The van der Waals surface area contributed by atoms with Crippen molar-refractivity contribution in [1.29, 1.82) is 0 Å². The molecule has 0 aromatic carbocycles. The number of rotatable bonds is 5. The number of nitrogen functional groups attached to an aromatic ring is 1. The Morgan fingerprint density at radius 1 is 1.32 bits per heavy atom. The number of hydrogen-bond donors (Lipinski definition) is 2. The Bertz CT molecular complexity index is 574. The van der Waals surface area contributed by atoms with Crippen LogP contribution >= 0.6 is 0 Å².